The molecule has 96 heavy (non-hydrogen) atoms. The fraction of sp³-hybridized carbons (Fsp3) is 0.431. The maximum Gasteiger partial charge on any atom is 0.149 e. The molecule has 15 N–H and O–H groups in total. The number of aryl methyl sites for hydroxylation is 2. The Balaban J connectivity index is 0. The summed E-state index contributed by atoms with van der Waals surface area (Å²) in [6.07, 6.45) is 1.05. The number of carbonyl (C=O) groups excluding carboxylic acids is 5. The van der Waals surface area contributed by atoms with Gasteiger partial charge in [-0.05, 0) is 147 Å². The van der Waals surface area contributed by atoms with Crippen molar-refractivity contribution in [2.45, 2.75) is 140 Å². The number of methoxy groups -OCH3 is 6. The number of benzene rings is 6. The predicted octanol–water partition coefficient (Wildman–Crippen LogP) is 9.33. The number of hydrogen-bond donors (Lipinski definition) is 10. The van der Waals surface area contributed by atoms with Crippen LogP contribution >= 0.6 is 37.2 Å². The minimum atomic E-state index is -0.821. The van der Waals surface area contributed by atoms with E-state index in [1.165, 1.54) is 7.11 Å². The van der Waals surface area contributed by atoms with Crippen molar-refractivity contribution in [1.82, 2.24) is 0 Å². The normalized spacial score (nSPS) is 12.4. The zero-order valence-electron chi connectivity index (χ0n) is 56.7. The van der Waals surface area contributed by atoms with E-state index in [4.69, 9.17) is 57.1 Å². The number of Topliss-reactive ketones (excluding diaryl/α,β-unsaturated/α-hetero) is 5. The van der Waals surface area contributed by atoms with Crippen molar-refractivity contribution in [3.63, 3.8) is 0 Å². The van der Waals surface area contributed by atoms with Crippen LogP contribution < -0.4 is 57.1 Å². The Labute approximate surface area is 584 Å². The summed E-state index contributed by atoms with van der Waals surface area (Å²) in [5.41, 5.74) is 33.9. The summed E-state index contributed by atoms with van der Waals surface area (Å²) in [5.74, 6) is 3.53. The van der Waals surface area contributed by atoms with Crippen LogP contribution in [0.4, 0.5) is 0 Å². The first-order valence-electron chi connectivity index (χ1n) is 30.9. The number of hydrogen-bond acceptors (Lipinski definition) is 21. The number of carbonyl (C=O) groups is 5. The van der Waals surface area contributed by atoms with Crippen molar-refractivity contribution in [1.29, 1.82) is 0 Å². The Morgan fingerprint density at radius 3 is 1.18 bits per heavy atom. The van der Waals surface area contributed by atoms with Crippen molar-refractivity contribution in [2.24, 2.45) is 28.7 Å². The van der Waals surface area contributed by atoms with Crippen LogP contribution in [-0.4, -0.2) is 129 Å². The molecule has 21 nitrogen and oxygen atoms in total. The van der Waals surface area contributed by atoms with Crippen LogP contribution in [0.2, 0.25) is 0 Å². The van der Waals surface area contributed by atoms with Gasteiger partial charge in [0.05, 0.1) is 105 Å². The molecule has 0 aromatic heterocycles. The first-order chi connectivity index (χ1) is 44.5. The van der Waals surface area contributed by atoms with E-state index in [0.717, 1.165) is 39.8 Å². The van der Waals surface area contributed by atoms with E-state index in [2.05, 4.69) is 6.92 Å². The molecule has 0 fully saturated rings. The van der Waals surface area contributed by atoms with Gasteiger partial charge in [-0.3, -0.25) is 24.0 Å². The molecule has 0 aliphatic carbocycles. The summed E-state index contributed by atoms with van der Waals surface area (Å²) in [6, 6.07) is 39.6. The quantitative estimate of drug-likeness (QED) is 0.0180. The second-order valence-electron chi connectivity index (χ2n) is 21.9. The molecule has 0 heterocycles. The second kappa shape index (κ2) is 51.2. The van der Waals surface area contributed by atoms with E-state index >= 15 is 0 Å². The molecule has 534 valence electrons. The molecule has 0 spiro atoms. The highest BCUT2D eigenvalue weighted by Crippen LogP contribution is 2.34. The number of rotatable bonds is 34. The Kier molecular flexibility index (Phi) is 48.5. The zero-order chi connectivity index (χ0) is 69.4. The van der Waals surface area contributed by atoms with Crippen LogP contribution in [0.5, 0.6) is 34.5 Å². The van der Waals surface area contributed by atoms with E-state index in [0.29, 0.717) is 90.6 Å². The molecule has 6 aromatic rings. The molecule has 24 heteroatoms. The van der Waals surface area contributed by atoms with Crippen molar-refractivity contribution in [3.05, 3.63) is 178 Å². The van der Waals surface area contributed by atoms with Crippen LogP contribution in [0, 0.1) is 6.92 Å². The largest absolute Gasteiger partial charge is 0.497 e. The van der Waals surface area contributed by atoms with Crippen LogP contribution in [-0.2, 0) is 36.8 Å². The molecule has 0 saturated carbocycles. The zero-order valence-corrected chi connectivity index (χ0v) is 59.1. The Bertz CT molecular complexity index is 3170. The highest BCUT2D eigenvalue weighted by atomic mass is 35.5. The van der Waals surface area contributed by atoms with Gasteiger partial charge in [0.2, 0.25) is 0 Å². The minimum absolute atomic E-state index is 0. The lowest BCUT2D eigenvalue weighted by atomic mass is 9.97. The van der Waals surface area contributed by atoms with Gasteiger partial charge < -0.3 is 82.6 Å². The molecule has 0 aliphatic heterocycles. The van der Waals surface area contributed by atoms with E-state index < -0.39 is 42.6 Å². The van der Waals surface area contributed by atoms with Gasteiger partial charge in [0.1, 0.15) is 63.4 Å². The van der Waals surface area contributed by atoms with Gasteiger partial charge in [0, 0.05) is 48.8 Å². The number of ketones is 5. The monoisotopic (exact) mass is 1400 g/mol. The topological polar surface area (TPSA) is 372 Å². The number of halogens is 3. The Hall–Kier alpha value is -7.06. The smallest absolute Gasteiger partial charge is 0.149 e. The summed E-state index contributed by atoms with van der Waals surface area (Å²) in [6.45, 7) is 5.74. The van der Waals surface area contributed by atoms with Crippen molar-refractivity contribution in [3.8, 4) is 34.5 Å². The SMILES string of the molecule is CCc1ccc(OC)c(C(O)CCC(=O)CN)c1.COc1cc(C)cc(C(O)CCC(=O)CN)c1.COc1ccc(OC)c(C(O)CCC(=O)C(C)N)c1.COc1ccc(OC)c(C(O)CCC(=O)C(N)Cc2ccccc2)c1.Cl.Cl.Cl.NCC(=O)CCC(O)c1ccccc1. The third-order valence-electron chi connectivity index (χ3n) is 14.9. The highest BCUT2D eigenvalue weighted by molar-refractivity contribution is 5.86. The number of ether oxygens (including phenoxy) is 6. The molecule has 7 unspecified atom stereocenters. The maximum absolute atomic E-state index is 12.3. The molecule has 6 aromatic carbocycles. The molecule has 7 atom stereocenters. The average molecular weight is 1400 g/mol. The molecule has 6 rings (SSSR count). The lowest BCUT2D eigenvalue weighted by molar-refractivity contribution is -0.121. The van der Waals surface area contributed by atoms with Gasteiger partial charge in [-0.1, -0.05) is 79.7 Å². The first kappa shape index (κ1) is 91.0. The number of aliphatic hydroxyl groups is 5. The van der Waals surface area contributed by atoms with E-state index in [-0.39, 0.29) is 111 Å². The Morgan fingerprint density at radius 2 is 0.781 bits per heavy atom. The molecule has 0 aliphatic rings. The van der Waals surface area contributed by atoms with E-state index in [9.17, 15) is 49.5 Å². The fourth-order valence-corrected chi connectivity index (χ4v) is 9.18. The summed E-state index contributed by atoms with van der Waals surface area (Å²) in [7, 11) is 9.34. The second-order valence-corrected chi connectivity index (χ2v) is 21.9. The van der Waals surface area contributed by atoms with Gasteiger partial charge in [-0.2, -0.15) is 0 Å². The Morgan fingerprint density at radius 1 is 0.406 bits per heavy atom. The van der Waals surface area contributed by atoms with Crippen LogP contribution in [0.25, 0.3) is 0 Å². The van der Waals surface area contributed by atoms with Gasteiger partial charge in [0.25, 0.3) is 0 Å². The standard InChI is InChI=1S/C20H25NO4.C14H21NO4.C14H21NO3.C13H19NO3.C11H15NO2.3ClH/c1-24-15-8-11-20(25-2)16(13-15)18(22)9-10-19(23)17(21)12-14-6-4-3-5-7-14;1-9(15)12(16)5-6-13(17)11-8-10(18-2)4-7-14(11)19-3;1-3-10-4-7-14(18-2)12(8-10)13(17)6-5-11(16)9-15;1-9-5-10(7-12(6-9)17-2)13(16)4-3-11(15)8-14;12-8-10(13)6-7-11(14)9-4-2-1-3-5-9;;;/h3-8,11,13,17-18,22H,9-10,12,21H2,1-2H3;4,7-9,13,17H,5-6,15H2,1-3H3;4,7-8,13,17H,3,5-6,9,15H2,1-2H3;5-7,13,16H,3-4,8,14H2,1-2H3;1-5,11,14H,6-8,12H2;3*1H. The van der Waals surface area contributed by atoms with Crippen molar-refractivity contribution < 1.29 is 77.9 Å². The fourth-order valence-electron chi connectivity index (χ4n) is 9.18. The van der Waals surface area contributed by atoms with E-state index in [1.807, 2.05) is 97.9 Å². The average Bonchev–Trinajstić information content (AvgIpc) is 0.944. The minimum Gasteiger partial charge on any atom is -0.497 e. The van der Waals surface area contributed by atoms with Gasteiger partial charge in [-0.15, -0.1) is 37.2 Å². The van der Waals surface area contributed by atoms with Gasteiger partial charge in [-0.25, -0.2) is 0 Å². The van der Waals surface area contributed by atoms with Crippen LogP contribution in [0.1, 0.15) is 153 Å². The molecule has 0 bridgehead atoms. The summed E-state index contributed by atoms with van der Waals surface area (Å²) in [5, 5.41) is 50.4. The van der Waals surface area contributed by atoms with Crippen LogP contribution in [0.3, 0.4) is 0 Å². The first-order valence-corrected chi connectivity index (χ1v) is 30.9. The third kappa shape index (κ3) is 34.2. The van der Waals surface area contributed by atoms with Crippen molar-refractivity contribution >= 4 is 66.1 Å². The molecule has 0 amide bonds. The van der Waals surface area contributed by atoms with Crippen molar-refractivity contribution in [2.75, 3.05) is 62.3 Å². The lowest BCUT2D eigenvalue weighted by Crippen LogP contribution is -2.32. The molecule has 0 saturated heterocycles. The highest BCUT2D eigenvalue weighted by Gasteiger charge is 2.22. The van der Waals surface area contributed by atoms with E-state index in [1.54, 1.807) is 84.9 Å². The third-order valence-corrected chi connectivity index (χ3v) is 14.9. The lowest BCUT2D eigenvalue weighted by Gasteiger charge is -2.17. The maximum atomic E-state index is 12.3. The molecule has 0 radical (unpaired) electrons. The summed E-state index contributed by atoms with van der Waals surface area (Å²) < 4.78 is 31.1. The predicted molar refractivity (Wildman–Crippen MR) is 382 cm³/mol. The summed E-state index contributed by atoms with van der Waals surface area (Å²) >= 11 is 0. The number of nitrogens with two attached hydrogens (primary N) is 5. The number of aliphatic hydroxyl groups excluding tert-OH is 5. The van der Waals surface area contributed by atoms with Gasteiger partial charge >= 0.3 is 0 Å². The molecular weight excluding hydrogens is 1300 g/mol. The van der Waals surface area contributed by atoms with Gasteiger partial charge in [0.15, 0.2) is 0 Å². The summed E-state index contributed by atoms with van der Waals surface area (Å²) in [4.78, 5) is 56.9. The molecular formula is C72H104Cl3N5O16. The van der Waals surface area contributed by atoms with Crippen LogP contribution in [0.15, 0.2) is 133 Å².